The number of carbonyl (C=O) groups excluding carboxylic acids is 2. The van der Waals surface area contributed by atoms with Crippen LogP contribution in [0.25, 0.3) is 10.8 Å². The number of rotatable bonds is 3. The summed E-state index contributed by atoms with van der Waals surface area (Å²) in [5, 5.41) is 6.48. The molecule has 0 radical (unpaired) electrons. The van der Waals surface area contributed by atoms with E-state index in [-0.39, 0.29) is 18.4 Å². The van der Waals surface area contributed by atoms with Crippen molar-refractivity contribution in [1.29, 1.82) is 0 Å². The Morgan fingerprint density at radius 2 is 1.84 bits per heavy atom. The van der Waals surface area contributed by atoms with Crippen molar-refractivity contribution in [3.05, 3.63) is 48.0 Å². The molecule has 130 valence electrons. The van der Waals surface area contributed by atoms with Gasteiger partial charge >= 0.3 is 6.09 Å². The van der Waals surface area contributed by atoms with Gasteiger partial charge in [0, 0.05) is 31.6 Å². The molecule has 0 atom stereocenters. The third-order valence-corrected chi connectivity index (χ3v) is 4.29. The van der Waals surface area contributed by atoms with E-state index in [1.807, 2.05) is 42.5 Å². The predicted molar refractivity (Wildman–Crippen MR) is 96.4 cm³/mol. The van der Waals surface area contributed by atoms with Crippen molar-refractivity contribution < 1.29 is 14.3 Å². The van der Waals surface area contributed by atoms with Crippen molar-refractivity contribution >= 4 is 28.5 Å². The standard InChI is InChI=1S/C19H21N3O3/c1-25-19(24)22-10-8-17(9-11-22)20-21-18(23)13-14-6-7-15-4-2-3-5-16(15)12-14/h2-7,12H,8-11,13H2,1H3,(H,21,23). The van der Waals surface area contributed by atoms with Crippen molar-refractivity contribution in [3.8, 4) is 0 Å². The minimum atomic E-state index is -0.320. The van der Waals surface area contributed by atoms with E-state index in [2.05, 4.69) is 10.5 Å². The Hall–Kier alpha value is -2.89. The van der Waals surface area contributed by atoms with Gasteiger partial charge in [-0.2, -0.15) is 5.10 Å². The Kier molecular flexibility index (Phi) is 5.28. The van der Waals surface area contributed by atoms with Crippen LogP contribution in [0.2, 0.25) is 0 Å². The van der Waals surface area contributed by atoms with Gasteiger partial charge in [-0.1, -0.05) is 42.5 Å². The molecule has 1 fully saturated rings. The highest BCUT2D eigenvalue weighted by Gasteiger charge is 2.20. The Labute approximate surface area is 146 Å². The number of hydrogen-bond donors (Lipinski definition) is 1. The summed E-state index contributed by atoms with van der Waals surface area (Å²) in [6.07, 6.45) is 1.26. The molecule has 0 unspecified atom stereocenters. The van der Waals surface area contributed by atoms with Gasteiger partial charge in [0.05, 0.1) is 13.5 Å². The number of hydrogen-bond acceptors (Lipinski definition) is 4. The molecule has 2 aromatic rings. The van der Waals surface area contributed by atoms with Crippen LogP contribution in [-0.4, -0.2) is 42.8 Å². The topological polar surface area (TPSA) is 71.0 Å². The number of piperidine rings is 1. The van der Waals surface area contributed by atoms with Gasteiger partial charge < -0.3 is 9.64 Å². The number of nitrogens with zero attached hydrogens (tertiary/aromatic N) is 2. The fraction of sp³-hybridized carbons (Fsp3) is 0.316. The lowest BCUT2D eigenvalue weighted by Crippen LogP contribution is -2.39. The van der Waals surface area contributed by atoms with E-state index >= 15 is 0 Å². The molecular formula is C19H21N3O3. The summed E-state index contributed by atoms with van der Waals surface area (Å²) in [6, 6.07) is 14.1. The minimum absolute atomic E-state index is 0.141. The molecule has 1 aliphatic heterocycles. The molecule has 1 saturated heterocycles. The van der Waals surface area contributed by atoms with Crippen LogP contribution in [0.5, 0.6) is 0 Å². The number of ether oxygens (including phenoxy) is 1. The summed E-state index contributed by atoms with van der Waals surface area (Å²) < 4.78 is 4.70. The number of hydrazone groups is 1. The van der Waals surface area contributed by atoms with Crippen molar-refractivity contribution in [2.45, 2.75) is 19.3 Å². The lowest BCUT2D eigenvalue weighted by Gasteiger charge is -2.26. The molecule has 2 amide bonds. The molecule has 0 aliphatic carbocycles. The highest BCUT2D eigenvalue weighted by atomic mass is 16.5. The van der Waals surface area contributed by atoms with E-state index in [0.29, 0.717) is 25.9 Å². The first-order chi connectivity index (χ1) is 12.2. The highest BCUT2D eigenvalue weighted by molar-refractivity contribution is 5.89. The summed E-state index contributed by atoms with van der Waals surface area (Å²) >= 11 is 0. The lowest BCUT2D eigenvalue weighted by molar-refractivity contribution is -0.120. The Morgan fingerprint density at radius 1 is 1.12 bits per heavy atom. The van der Waals surface area contributed by atoms with Crippen LogP contribution in [0.1, 0.15) is 18.4 Å². The molecule has 1 heterocycles. The maximum atomic E-state index is 12.1. The fourth-order valence-corrected chi connectivity index (χ4v) is 2.90. The lowest BCUT2D eigenvalue weighted by atomic mass is 10.1. The molecular weight excluding hydrogens is 318 g/mol. The molecule has 25 heavy (non-hydrogen) atoms. The van der Waals surface area contributed by atoms with Gasteiger partial charge in [-0.15, -0.1) is 0 Å². The van der Waals surface area contributed by atoms with Crippen LogP contribution in [-0.2, 0) is 16.0 Å². The molecule has 6 nitrogen and oxygen atoms in total. The van der Waals surface area contributed by atoms with E-state index in [9.17, 15) is 9.59 Å². The Balaban J connectivity index is 1.53. The number of benzene rings is 2. The van der Waals surface area contributed by atoms with Gasteiger partial charge in [-0.05, 0) is 16.3 Å². The number of nitrogens with one attached hydrogen (secondary N) is 1. The quantitative estimate of drug-likeness (QED) is 0.874. The van der Waals surface area contributed by atoms with Crippen molar-refractivity contribution in [1.82, 2.24) is 10.3 Å². The third kappa shape index (κ3) is 4.35. The second-order valence-electron chi connectivity index (χ2n) is 6.03. The molecule has 0 bridgehead atoms. The molecule has 3 rings (SSSR count). The number of methoxy groups -OCH3 is 1. The zero-order valence-electron chi connectivity index (χ0n) is 14.2. The number of likely N-dealkylation sites (tertiary alicyclic amines) is 1. The van der Waals surface area contributed by atoms with Gasteiger partial charge in [0.25, 0.3) is 0 Å². The smallest absolute Gasteiger partial charge is 0.409 e. The van der Waals surface area contributed by atoms with Gasteiger partial charge in [0.15, 0.2) is 0 Å². The maximum Gasteiger partial charge on any atom is 0.409 e. The van der Waals surface area contributed by atoms with Gasteiger partial charge in [0.1, 0.15) is 0 Å². The van der Waals surface area contributed by atoms with Gasteiger partial charge in [-0.25, -0.2) is 10.2 Å². The van der Waals surface area contributed by atoms with Crippen LogP contribution < -0.4 is 5.43 Å². The van der Waals surface area contributed by atoms with Crippen LogP contribution in [0.15, 0.2) is 47.6 Å². The van der Waals surface area contributed by atoms with E-state index in [4.69, 9.17) is 4.74 Å². The van der Waals surface area contributed by atoms with E-state index in [1.165, 1.54) is 7.11 Å². The van der Waals surface area contributed by atoms with Crippen molar-refractivity contribution in [2.75, 3.05) is 20.2 Å². The summed E-state index contributed by atoms with van der Waals surface area (Å²) in [7, 11) is 1.37. The first kappa shape index (κ1) is 17.0. The molecule has 2 aromatic carbocycles. The summed E-state index contributed by atoms with van der Waals surface area (Å²) in [5.41, 5.74) is 4.47. The van der Waals surface area contributed by atoms with Crippen LogP contribution in [0, 0.1) is 0 Å². The van der Waals surface area contributed by atoms with E-state index in [1.54, 1.807) is 4.90 Å². The SMILES string of the molecule is COC(=O)N1CCC(=NNC(=O)Cc2ccc3ccccc3c2)CC1. The zero-order valence-corrected chi connectivity index (χ0v) is 14.2. The average molecular weight is 339 g/mol. The highest BCUT2D eigenvalue weighted by Crippen LogP contribution is 2.16. The van der Waals surface area contributed by atoms with Crippen LogP contribution in [0.4, 0.5) is 4.79 Å². The van der Waals surface area contributed by atoms with Gasteiger partial charge in [-0.3, -0.25) is 4.79 Å². The number of fused-ring (bicyclic) bond motifs is 1. The molecule has 1 N–H and O–H groups in total. The largest absolute Gasteiger partial charge is 0.453 e. The zero-order chi connectivity index (χ0) is 17.6. The molecule has 0 spiro atoms. The van der Waals surface area contributed by atoms with E-state index in [0.717, 1.165) is 22.0 Å². The third-order valence-electron chi connectivity index (χ3n) is 4.29. The van der Waals surface area contributed by atoms with Gasteiger partial charge in [0.2, 0.25) is 5.91 Å². The summed E-state index contributed by atoms with van der Waals surface area (Å²) in [6.45, 7) is 1.12. The minimum Gasteiger partial charge on any atom is -0.453 e. The van der Waals surface area contributed by atoms with Crippen molar-refractivity contribution in [3.63, 3.8) is 0 Å². The maximum absolute atomic E-state index is 12.1. The molecule has 0 aromatic heterocycles. The summed E-state index contributed by atoms with van der Waals surface area (Å²) in [5.74, 6) is -0.141. The number of carbonyl (C=O) groups is 2. The molecule has 1 aliphatic rings. The predicted octanol–water partition coefficient (Wildman–Crippen LogP) is 2.72. The Morgan fingerprint density at radius 3 is 2.56 bits per heavy atom. The van der Waals surface area contributed by atoms with Crippen molar-refractivity contribution in [2.24, 2.45) is 5.10 Å². The van der Waals surface area contributed by atoms with Crippen LogP contribution in [0.3, 0.4) is 0 Å². The summed E-state index contributed by atoms with van der Waals surface area (Å²) in [4.78, 5) is 25.2. The fourth-order valence-electron chi connectivity index (χ4n) is 2.90. The second-order valence-corrected chi connectivity index (χ2v) is 6.03. The second kappa shape index (κ2) is 7.79. The number of amides is 2. The monoisotopic (exact) mass is 339 g/mol. The average Bonchev–Trinajstić information content (AvgIpc) is 2.66. The Bertz CT molecular complexity index is 806. The molecule has 0 saturated carbocycles. The first-order valence-electron chi connectivity index (χ1n) is 8.30. The van der Waals surface area contributed by atoms with E-state index < -0.39 is 0 Å². The first-order valence-corrected chi connectivity index (χ1v) is 8.30. The van der Waals surface area contributed by atoms with Crippen LogP contribution >= 0.6 is 0 Å². The molecule has 6 heteroatoms. The normalized spacial score (nSPS) is 14.3.